The van der Waals surface area contributed by atoms with Crippen molar-refractivity contribution in [2.24, 2.45) is 0 Å². The molecule has 1 aliphatic rings. The third-order valence-electron chi connectivity index (χ3n) is 2.91. The normalized spacial score (nSPS) is 19.9. The molecule has 100 valence electrons. The van der Waals surface area contributed by atoms with Crippen LogP contribution in [-0.2, 0) is 19.6 Å². The van der Waals surface area contributed by atoms with E-state index in [1.165, 1.54) is 7.11 Å². The lowest BCUT2D eigenvalue weighted by atomic mass is 9.92. The molecule has 0 saturated carbocycles. The van der Waals surface area contributed by atoms with E-state index in [4.69, 9.17) is 0 Å². The fourth-order valence-corrected chi connectivity index (χ4v) is 3.32. The molecule has 6 nitrogen and oxygen atoms in total. The van der Waals surface area contributed by atoms with Crippen LogP contribution in [0.2, 0.25) is 0 Å². The van der Waals surface area contributed by atoms with Crippen LogP contribution in [0.4, 0.5) is 0 Å². The summed E-state index contributed by atoms with van der Waals surface area (Å²) in [7, 11) is -2.18. The second-order valence-corrected chi connectivity index (χ2v) is 6.40. The lowest BCUT2D eigenvalue weighted by Crippen LogP contribution is -2.52. The molecule has 1 aliphatic heterocycles. The molecule has 0 unspecified atom stereocenters. The minimum Gasteiger partial charge on any atom is -0.469 e. The molecule has 0 aromatic carbocycles. The Morgan fingerprint density at radius 1 is 1.41 bits per heavy atom. The number of esters is 1. The van der Waals surface area contributed by atoms with Gasteiger partial charge >= 0.3 is 5.97 Å². The van der Waals surface area contributed by atoms with Gasteiger partial charge in [-0.05, 0) is 32.9 Å². The maximum atomic E-state index is 11.8. The molecular formula is C10H20N2O4S. The van der Waals surface area contributed by atoms with Gasteiger partial charge in [-0.25, -0.2) is 13.1 Å². The first-order valence-electron chi connectivity index (χ1n) is 5.66. The number of piperidine rings is 1. The number of ether oxygens (including phenoxy) is 1. The average Bonchev–Trinajstić information content (AvgIpc) is 2.25. The van der Waals surface area contributed by atoms with Crippen molar-refractivity contribution in [1.29, 1.82) is 0 Å². The molecule has 1 heterocycles. The Bertz CT molecular complexity index is 361. The molecule has 0 aromatic rings. The lowest BCUT2D eigenvalue weighted by Gasteiger charge is -2.34. The van der Waals surface area contributed by atoms with Gasteiger partial charge in [-0.2, -0.15) is 0 Å². The van der Waals surface area contributed by atoms with E-state index in [0.29, 0.717) is 0 Å². The summed E-state index contributed by atoms with van der Waals surface area (Å²) in [5, 5.41) is 3.18. The molecule has 0 atom stereocenters. The summed E-state index contributed by atoms with van der Waals surface area (Å²) in [5.74, 6) is -0.728. The minimum atomic E-state index is -3.42. The third kappa shape index (κ3) is 5.01. The smallest absolute Gasteiger partial charge is 0.306 e. The van der Waals surface area contributed by atoms with Crippen molar-refractivity contribution in [3.63, 3.8) is 0 Å². The summed E-state index contributed by atoms with van der Waals surface area (Å²) < 4.78 is 30.7. The van der Waals surface area contributed by atoms with Crippen molar-refractivity contribution in [3.05, 3.63) is 0 Å². The number of carbonyl (C=O) groups excluding carboxylic acids is 1. The number of nitrogens with one attached hydrogen (secondary N) is 2. The van der Waals surface area contributed by atoms with Gasteiger partial charge in [0, 0.05) is 5.54 Å². The third-order valence-corrected chi connectivity index (χ3v) is 4.46. The Labute approximate surface area is 102 Å². The van der Waals surface area contributed by atoms with E-state index < -0.39 is 21.5 Å². The molecule has 0 radical (unpaired) electrons. The largest absolute Gasteiger partial charge is 0.469 e. The fourth-order valence-electron chi connectivity index (χ4n) is 1.83. The van der Waals surface area contributed by atoms with E-state index in [-0.39, 0.29) is 12.2 Å². The van der Waals surface area contributed by atoms with Crippen molar-refractivity contribution < 1.29 is 17.9 Å². The van der Waals surface area contributed by atoms with Gasteiger partial charge in [0.2, 0.25) is 10.0 Å². The van der Waals surface area contributed by atoms with Crippen LogP contribution in [0.1, 0.15) is 26.2 Å². The zero-order chi connectivity index (χ0) is 12.9. The summed E-state index contributed by atoms with van der Waals surface area (Å²) in [5.41, 5.74) is -0.403. The average molecular weight is 264 g/mol. The molecule has 1 saturated heterocycles. The highest BCUT2D eigenvalue weighted by Gasteiger charge is 2.31. The van der Waals surface area contributed by atoms with E-state index in [9.17, 15) is 13.2 Å². The van der Waals surface area contributed by atoms with Crippen LogP contribution in [0.3, 0.4) is 0 Å². The summed E-state index contributed by atoms with van der Waals surface area (Å²) >= 11 is 0. The fraction of sp³-hybridized carbons (Fsp3) is 0.900. The SMILES string of the molecule is COC(=O)CCS(=O)(=O)NC1(C)CCNCC1. The highest BCUT2D eigenvalue weighted by atomic mass is 32.2. The number of hydrogen-bond acceptors (Lipinski definition) is 5. The van der Waals surface area contributed by atoms with Crippen LogP contribution in [0.25, 0.3) is 0 Å². The Hall–Kier alpha value is -0.660. The lowest BCUT2D eigenvalue weighted by molar-refractivity contribution is -0.140. The molecule has 0 aliphatic carbocycles. The first-order chi connectivity index (χ1) is 7.87. The topological polar surface area (TPSA) is 84.5 Å². The Morgan fingerprint density at radius 2 is 2.00 bits per heavy atom. The van der Waals surface area contributed by atoms with Crippen LogP contribution in [-0.4, -0.2) is 45.9 Å². The van der Waals surface area contributed by atoms with E-state index in [0.717, 1.165) is 25.9 Å². The maximum Gasteiger partial charge on any atom is 0.306 e. The van der Waals surface area contributed by atoms with E-state index in [1.54, 1.807) is 0 Å². The Balaban J connectivity index is 2.50. The first kappa shape index (κ1) is 14.4. The highest BCUT2D eigenvalue weighted by Crippen LogP contribution is 2.18. The van der Waals surface area contributed by atoms with E-state index >= 15 is 0 Å². The van der Waals surface area contributed by atoms with Gasteiger partial charge in [0.05, 0.1) is 19.3 Å². The highest BCUT2D eigenvalue weighted by molar-refractivity contribution is 7.89. The Morgan fingerprint density at radius 3 is 2.53 bits per heavy atom. The Kier molecular flexibility index (Phi) is 4.91. The van der Waals surface area contributed by atoms with Crippen molar-refractivity contribution in [2.75, 3.05) is 26.0 Å². The molecular weight excluding hydrogens is 244 g/mol. The number of carbonyl (C=O) groups is 1. The van der Waals surface area contributed by atoms with E-state index in [2.05, 4.69) is 14.8 Å². The molecule has 17 heavy (non-hydrogen) atoms. The molecule has 0 bridgehead atoms. The van der Waals surface area contributed by atoms with Crippen molar-refractivity contribution in [3.8, 4) is 0 Å². The van der Waals surface area contributed by atoms with Crippen LogP contribution >= 0.6 is 0 Å². The van der Waals surface area contributed by atoms with Crippen LogP contribution < -0.4 is 10.0 Å². The van der Waals surface area contributed by atoms with Gasteiger partial charge in [0.25, 0.3) is 0 Å². The molecule has 7 heteroatoms. The number of sulfonamides is 1. The summed E-state index contributed by atoms with van der Waals surface area (Å²) in [4.78, 5) is 10.9. The number of methoxy groups -OCH3 is 1. The predicted molar refractivity (Wildman–Crippen MR) is 64.1 cm³/mol. The molecule has 2 N–H and O–H groups in total. The van der Waals surface area contributed by atoms with Crippen molar-refractivity contribution >= 4 is 16.0 Å². The van der Waals surface area contributed by atoms with E-state index in [1.807, 2.05) is 6.92 Å². The number of hydrogen-bond donors (Lipinski definition) is 2. The first-order valence-corrected chi connectivity index (χ1v) is 7.31. The summed E-state index contributed by atoms with van der Waals surface area (Å²) in [6, 6.07) is 0. The second-order valence-electron chi connectivity index (χ2n) is 4.56. The van der Waals surface area contributed by atoms with Crippen molar-refractivity contribution in [1.82, 2.24) is 10.0 Å². The van der Waals surface area contributed by atoms with Gasteiger partial charge in [-0.3, -0.25) is 4.79 Å². The molecule has 0 amide bonds. The minimum absolute atomic E-state index is 0.111. The quantitative estimate of drug-likeness (QED) is 0.661. The zero-order valence-corrected chi connectivity index (χ0v) is 11.1. The van der Waals surface area contributed by atoms with Gasteiger partial charge in [-0.1, -0.05) is 0 Å². The van der Waals surface area contributed by atoms with Gasteiger partial charge in [-0.15, -0.1) is 0 Å². The van der Waals surface area contributed by atoms with Gasteiger partial charge in [0.15, 0.2) is 0 Å². The van der Waals surface area contributed by atoms with Crippen LogP contribution in [0, 0.1) is 0 Å². The molecule has 1 rings (SSSR count). The maximum absolute atomic E-state index is 11.8. The monoisotopic (exact) mass is 264 g/mol. The summed E-state index contributed by atoms with van der Waals surface area (Å²) in [6.07, 6.45) is 1.40. The second kappa shape index (κ2) is 5.79. The standard InChI is InChI=1S/C10H20N2O4S/c1-10(4-6-11-7-5-10)12-17(14,15)8-3-9(13)16-2/h11-12H,3-8H2,1-2H3. The number of rotatable bonds is 5. The van der Waals surface area contributed by atoms with Crippen LogP contribution in [0.5, 0.6) is 0 Å². The molecule has 0 aromatic heterocycles. The van der Waals surface area contributed by atoms with Crippen LogP contribution in [0.15, 0.2) is 0 Å². The molecule has 1 fully saturated rings. The van der Waals surface area contributed by atoms with Gasteiger partial charge < -0.3 is 10.1 Å². The predicted octanol–water partition coefficient (Wildman–Crippen LogP) is -0.389. The van der Waals surface area contributed by atoms with Gasteiger partial charge in [0.1, 0.15) is 0 Å². The summed E-state index contributed by atoms with van der Waals surface area (Å²) in [6.45, 7) is 3.50. The molecule has 0 spiro atoms. The zero-order valence-electron chi connectivity index (χ0n) is 10.3. The van der Waals surface area contributed by atoms with Crippen molar-refractivity contribution in [2.45, 2.75) is 31.7 Å².